The summed E-state index contributed by atoms with van der Waals surface area (Å²) >= 11 is 1.60. The topological polar surface area (TPSA) is 59.5 Å². The number of para-hydroxylation sites is 1. The van der Waals surface area contributed by atoms with Gasteiger partial charge in [-0.15, -0.1) is 11.3 Å². The van der Waals surface area contributed by atoms with Gasteiger partial charge in [0.2, 0.25) is 5.91 Å². The van der Waals surface area contributed by atoms with Crippen molar-refractivity contribution in [3.8, 4) is 5.75 Å². The van der Waals surface area contributed by atoms with E-state index in [0.29, 0.717) is 12.2 Å². The molecule has 152 valence electrons. The third-order valence-electron chi connectivity index (χ3n) is 4.86. The summed E-state index contributed by atoms with van der Waals surface area (Å²) in [5.41, 5.74) is 1.55. The van der Waals surface area contributed by atoms with Gasteiger partial charge in [0.15, 0.2) is 5.78 Å². The molecule has 1 heterocycles. The Kier molecular flexibility index (Phi) is 6.99. The molecular weight excluding hydrogens is 384 g/mol. The Morgan fingerprint density at radius 3 is 2.52 bits per heavy atom. The molecule has 0 aliphatic carbocycles. The SMILES string of the molecule is CCCOc1ccc(C(=O)CCC(=O)N(C)[C@@H](C)c2nc3ccccc3s2)cc1. The van der Waals surface area contributed by atoms with Gasteiger partial charge in [0.1, 0.15) is 10.8 Å². The van der Waals surface area contributed by atoms with E-state index in [1.165, 1.54) is 0 Å². The van der Waals surface area contributed by atoms with Crippen LogP contribution in [0.2, 0.25) is 0 Å². The van der Waals surface area contributed by atoms with Crippen molar-refractivity contribution in [3.05, 3.63) is 59.1 Å². The summed E-state index contributed by atoms with van der Waals surface area (Å²) in [6.07, 6.45) is 1.30. The van der Waals surface area contributed by atoms with Crippen molar-refractivity contribution in [1.82, 2.24) is 9.88 Å². The molecule has 5 nitrogen and oxygen atoms in total. The Labute approximate surface area is 175 Å². The van der Waals surface area contributed by atoms with E-state index in [1.54, 1.807) is 47.5 Å². The number of amides is 1. The Balaban J connectivity index is 1.55. The van der Waals surface area contributed by atoms with Crippen molar-refractivity contribution in [3.63, 3.8) is 0 Å². The zero-order valence-electron chi connectivity index (χ0n) is 17.1. The number of fused-ring (bicyclic) bond motifs is 1. The van der Waals surface area contributed by atoms with Gasteiger partial charge in [0, 0.05) is 25.5 Å². The van der Waals surface area contributed by atoms with E-state index < -0.39 is 0 Å². The van der Waals surface area contributed by atoms with Gasteiger partial charge in [-0.05, 0) is 49.7 Å². The second-order valence-electron chi connectivity index (χ2n) is 7.00. The Morgan fingerprint density at radius 2 is 1.83 bits per heavy atom. The Hall–Kier alpha value is -2.73. The van der Waals surface area contributed by atoms with Crippen LogP contribution in [0.15, 0.2) is 48.5 Å². The molecule has 0 spiro atoms. The molecule has 0 unspecified atom stereocenters. The molecule has 1 amide bonds. The molecule has 1 atom stereocenters. The number of thiazole rings is 1. The van der Waals surface area contributed by atoms with Gasteiger partial charge in [0.25, 0.3) is 0 Å². The predicted octanol–water partition coefficient (Wildman–Crippen LogP) is 5.27. The number of ether oxygens (including phenoxy) is 1. The molecular formula is C23H26N2O3S. The molecule has 0 aliphatic rings. The lowest BCUT2D eigenvalue weighted by Gasteiger charge is -2.23. The summed E-state index contributed by atoms with van der Waals surface area (Å²) in [5.74, 6) is 0.651. The number of aromatic nitrogens is 1. The van der Waals surface area contributed by atoms with E-state index in [-0.39, 0.29) is 30.6 Å². The van der Waals surface area contributed by atoms with Crippen molar-refractivity contribution in [2.75, 3.05) is 13.7 Å². The standard InChI is InChI=1S/C23H26N2O3S/c1-4-15-28-18-11-9-17(10-12-18)20(26)13-14-22(27)25(3)16(2)23-24-19-7-5-6-8-21(19)29-23/h5-12,16H,4,13-15H2,1-3H3/t16-/m0/s1. The third kappa shape index (κ3) is 5.21. The van der Waals surface area contributed by atoms with E-state index in [1.807, 2.05) is 38.1 Å². The van der Waals surface area contributed by atoms with Gasteiger partial charge in [-0.1, -0.05) is 19.1 Å². The van der Waals surface area contributed by atoms with E-state index in [4.69, 9.17) is 4.74 Å². The number of hydrogen-bond donors (Lipinski definition) is 0. The highest BCUT2D eigenvalue weighted by atomic mass is 32.1. The zero-order valence-corrected chi connectivity index (χ0v) is 17.9. The van der Waals surface area contributed by atoms with E-state index in [2.05, 4.69) is 4.98 Å². The maximum absolute atomic E-state index is 12.6. The van der Waals surface area contributed by atoms with E-state index >= 15 is 0 Å². The van der Waals surface area contributed by atoms with Crippen molar-refractivity contribution in [2.45, 2.75) is 39.2 Å². The summed E-state index contributed by atoms with van der Waals surface area (Å²) in [4.78, 5) is 31.4. The van der Waals surface area contributed by atoms with Crippen molar-refractivity contribution in [2.24, 2.45) is 0 Å². The fourth-order valence-corrected chi connectivity index (χ4v) is 4.01. The smallest absolute Gasteiger partial charge is 0.223 e. The van der Waals surface area contributed by atoms with Crippen LogP contribution in [-0.2, 0) is 4.79 Å². The molecule has 29 heavy (non-hydrogen) atoms. The number of carbonyl (C=O) groups excluding carboxylic acids is 2. The summed E-state index contributed by atoms with van der Waals surface area (Å²) < 4.78 is 6.64. The largest absolute Gasteiger partial charge is 0.494 e. The highest BCUT2D eigenvalue weighted by molar-refractivity contribution is 7.18. The van der Waals surface area contributed by atoms with Crippen LogP contribution < -0.4 is 4.74 Å². The minimum atomic E-state index is -0.134. The second kappa shape index (κ2) is 9.65. The van der Waals surface area contributed by atoms with Crippen LogP contribution in [0.25, 0.3) is 10.2 Å². The number of ketones is 1. The third-order valence-corrected chi connectivity index (χ3v) is 6.06. The van der Waals surface area contributed by atoms with Crippen LogP contribution in [0.3, 0.4) is 0 Å². The molecule has 0 radical (unpaired) electrons. The lowest BCUT2D eigenvalue weighted by molar-refractivity contribution is -0.131. The van der Waals surface area contributed by atoms with Gasteiger partial charge < -0.3 is 9.64 Å². The Morgan fingerprint density at radius 1 is 1.10 bits per heavy atom. The number of hydrogen-bond acceptors (Lipinski definition) is 5. The first-order chi connectivity index (χ1) is 14.0. The van der Waals surface area contributed by atoms with Crippen LogP contribution >= 0.6 is 11.3 Å². The average Bonchev–Trinajstić information content (AvgIpc) is 3.19. The number of benzene rings is 2. The fourth-order valence-electron chi connectivity index (χ4n) is 2.95. The van der Waals surface area contributed by atoms with Crippen LogP contribution in [0.4, 0.5) is 0 Å². The molecule has 0 N–H and O–H groups in total. The van der Waals surface area contributed by atoms with Crippen LogP contribution in [0.1, 0.15) is 54.5 Å². The molecule has 0 fully saturated rings. The number of nitrogens with zero attached hydrogens (tertiary/aromatic N) is 2. The maximum atomic E-state index is 12.6. The molecule has 3 aromatic rings. The number of carbonyl (C=O) groups is 2. The predicted molar refractivity (Wildman–Crippen MR) is 117 cm³/mol. The number of rotatable bonds is 9. The Bertz CT molecular complexity index is 948. The minimum Gasteiger partial charge on any atom is -0.494 e. The van der Waals surface area contributed by atoms with Crippen molar-refractivity contribution < 1.29 is 14.3 Å². The van der Waals surface area contributed by atoms with Gasteiger partial charge in [-0.25, -0.2) is 4.98 Å². The first kappa shape index (κ1) is 21.0. The summed E-state index contributed by atoms with van der Waals surface area (Å²) in [7, 11) is 1.77. The quantitative estimate of drug-likeness (QED) is 0.451. The van der Waals surface area contributed by atoms with Gasteiger partial charge in [-0.2, -0.15) is 0 Å². The highest BCUT2D eigenvalue weighted by Crippen LogP contribution is 2.29. The zero-order chi connectivity index (χ0) is 20.8. The highest BCUT2D eigenvalue weighted by Gasteiger charge is 2.21. The van der Waals surface area contributed by atoms with Crippen LogP contribution in [-0.4, -0.2) is 35.2 Å². The molecule has 2 aromatic carbocycles. The van der Waals surface area contributed by atoms with Gasteiger partial charge in [-0.3, -0.25) is 9.59 Å². The summed E-state index contributed by atoms with van der Waals surface area (Å²) in [6.45, 7) is 4.66. The molecule has 6 heteroatoms. The maximum Gasteiger partial charge on any atom is 0.223 e. The first-order valence-corrected chi connectivity index (χ1v) is 10.7. The van der Waals surface area contributed by atoms with Crippen LogP contribution in [0.5, 0.6) is 5.75 Å². The normalized spacial score (nSPS) is 12.0. The van der Waals surface area contributed by atoms with E-state index in [0.717, 1.165) is 27.4 Å². The lowest BCUT2D eigenvalue weighted by Crippen LogP contribution is -2.29. The molecule has 0 bridgehead atoms. The number of Topliss-reactive ketones (excluding diaryl/α,β-unsaturated/α-hetero) is 1. The minimum absolute atomic E-state index is 0.0403. The molecule has 3 rings (SSSR count). The van der Waals surface area contributed by atoms with E-state index in [9.17, 15) is 9.59 Å². The van der Waals surface area contributed by atoms with Crippen molar-refractivity contribution >= 4 is 33.2 Å². The molecule has 0 aliphatic heterocycles. The fraction of sp³-hybridized carbons (Fsp3) is 0.348. The summed E-state index contributed by atoms with van der Waals surface area (Å²) in [5, 5.41) is 0.899. The monoisotopic (exact) mass is 410 g/mol. The van der Waals surface area contributed by atoms with Crippen LogP contribution in [0, 0.1) is 0 Å². The first-order valence-electron chi connectivity index (χ1n) is 9.86. The molecule has 1 aromatic heterocycles. The second-order valence-corrected chi connectivity index (χ2v) is 8.06. The van der Waals surface area contributed by atoms with Gasteiger partial charge >= 0.3 is 0 Å². The molecule has 0 saturated heterocycles. The average molecular weight is 411 g/mol. The summed E-state index contributed by atoms with van der Waals surface area (Å²) in [6, 6.07) is 14.9. The van der Waals surface area contributed by atoms with Gasteiger partial charge in [0.05, 0.1) is 22.9 Å². The lowest BCUT2D eigenvalue weighted by atomic mass is 10.1. The van der Waals surface area contributed by atoms with Crippen molar-refractivity contribution in [1.29, 1.82) is 0 Å². The molecule has 0 saturated carbocycles.